The summed E-state index contributed by atoms with van der Waals surface area (Å²) in [5.41, 5.74) is 3.77. The molecule has 1 aromatic carbocycles. The number of imidazole rings is 1. The molecule has 1 aliphatic rings. The highest BCUT2D eigenvalue weighted by Crippen LogP contribution is 2.37. The van der Waals surface area contributed by atoms with Crippen LogP contribution in [-0.2, 0) is 11.8 Å². The third kappa shape index (κ3) is 6.32. The van der Waals surface area contributed by atoms with Crippen LogP contribution in [0, 0.1) is 5.92 Å². The minimum Gasteiger partial charge on any atom is -0.488 e. The van der Waals surface area contributed by atoms with Crippen molar-refractivity contribution in [2.24, 2.45) is 13.0 Å². The molecule has 0 aliphatic heterocycles. The Morgan fingerprint density at radius 3 is 2.59 bits per heavy atom. The van der Waals surface area contributed by atoms with E-state index in [9.17, 15) is 18.0 Å². The van der Waals surface area contributed by atoms with E-state index in [1.807, 2.05) is 24.6 Å². The first-order valence-corrected chi connectivity index (χ1v) is 12.8. The molecule has 0 saturated carbocycles. The predicted octanol–water partition coefficient (Wildman–Crippen LogP) is 5.84. The van der Waals surface area contributed by atoms with Crippen molar-refractivity contribution in [1.82, 2.24) is 24.8 Å². The quantitative estimate of drug-likeness (QED) is 0.277. The Labute approximate surface area is 233 Å². The molecule has 0 bridgehead atoms. The number of carbonyl (C=O) groups excluding carboxylic acids is 1. The van der Waals surface area contributed by atoms with Gasteiger partial charge in [-0.3, -0.25) is 14.8 Å². The number of amides is 1. The molecule has 9 nitrogen and oxygen atoms in total. The van der Waals surface area contributed by atoms with Gasteiger partial charge in [0.25, 0.3) is 5.91 Å². The van der Waals surface area contributed by atoms with Gasteiger partial charge in [0, 0.05) is 68.4 Å². The number of rotatable bonds is 8. The average Bonchev–Trinajstić information content (AvgIpc) is 3.26. The summed E-state index contributed by atoms with van der Waals surface area (Å²) < 4.78 is 51.9. The fourth-order valence-corrected chi connectivity index (χ4v) is 4.46. The van der Waals surface area contributed by atoms with E-state index in [-0.39, 0.29) is 29.7 Å². The number of anilines is 1. The zero-order valence-electron chi connectivity index (χ0n) is 22.5. The summed E-state index contributed by atoms with van der Waals surface area (Å²) in [4.78, 5) is 24.7. The topological polar surface area (TPSA) is 103 Å². The van der Waals surface area contributed by atoms with Crippen LogP contribution in [0.1, 0.15) is 29.4 Å². The van der Waals surface area contributed by atoms with Crippen molar-refractivity contribution in [1.29, 1.82) is 0 Å². The molecule has 3 aromatic heterocycles. The average molecular weight is 565 g/mol. The van der Waals surface area contributed by atoms with E-state index in [0.29, 0.717) is 34.1 Å². The maximum Gasteiger partial charge on any atom is 0.422 e. The second kappa shape index (κ2) is 11.3. The third-order valence-electron chi connectivity index (χ3n) is 6.56. The Balaban J connectivity index is 1.42. The first-order valence-electron chi connectivity index (χ1n) is 12.8. The summed E-state index contributed by atoms with van der Waals surface area (Å²) in [5.74, 6) is 1.31. The maximum atomic E-state index is 12.9. The molecular weight excluding hydrogens is 537 g/mol. The third-order valence-corrected chi connectivity index (χ3v) is 6.56. The SMILES string of the molecule is CNC(=O)c1cc(Oc2ccc3c(c2)nc(NC2=CC(c4ccncc4)=C(OCC(F)(F)F)CC2C)n3C)ccn1. The van der Waals surface area contributed by atoms with Crippen LogP contribution in [-0.4, -0.2) is 45.3 Å². The fourth-order valence-electron chi connectivity index (χ4n) is 4.46. The van der Waals surface area contributed by atoms with Gasteiger partial charge in [-0.1, -0.05) is 6.92 Å². The summed E-state index contributed by atoms with van der Waals surface area (Å²) >= 11 is 0. The molecular formula is C29H27F3N6O3. The molecule has 1 atom stereocenters. The van der Waals surface area contributed by atoms with Crippen LogP contribution in [0.25, 0.3) is 16.6 Å². The van der Waals surface area contributed by atoms with Gasteiger partial charge >= 0.3 is 6.18 Å². The number of hydrogen-bond acceptors (Lipinski definition) is 7. The number of aryl methyl sites for hydroxylation is 1. The van der Waals surface area contributed by atoms with Crippen LogP contribution in [0.3, 0.4) is 0 Å². The molecule has 1 unspecified atom stereocenters. The number of ether oxygens (including phenoxy) is 2. The molecule has 4 aromatic rings. The van der Waals surface area contributed by atoms with Crippen LogP contribution >= 0.6 is 0 Å². The first-order chi connectivity index (χ1) is 19.6. The number of pyridine rings is 2. The van der Waals surface area contributed by atoms with Crippen molar-refractivity contribution in [3.8, 4) is 11.5 Å². The molecule has 0 spiro atoms. The zero-order valence-corrected chi connectivity index (χ0v) is 22.5. The Morgan fingerprint density at radius 2 is 1.85 bits per heavy atom. The number of nitrogens with zero attached hydrogens (tertiary/aromatic N) is 4. The predicted molar refractivity (Wildman–Crippen MR) is 147 cm³/mol. The minimum absolute atomic E-state index is 0.163. The largest absolute Gasteiger partial charge is 0.488 e. The Morgan fingerprint density at radius 1 is 1.10 bits per heavy atom. The lowest BCUT2D eigenvalue weighted by Crippen LogP contribution is -2.21. The Hall–Kier alpha value is -4.87. The lowest BCUT2D eigenvalue weighted by Gasteiger charge is -2.27. The summed E-state index contributed by atoms with van der Waals surface area (Å²) in [7, 11) is 3.39. The van der Waals surface area contributed by atoms with Gasteiger partial charge in [0.2, 0.25) is 5.95 Å². The molecule has 41 heavy (non-hydrogen) atoms. The van der Waals surface area contributed by atoms with E-state index in [1.165, 1.54) is 13.2 Å². The highest BCUT2D eigenvalue weighted by molar-refractivity contribution is 5.92. The van der Waals surface area contributed by atoms with Crippen LogP contribution < -0.4 is 15.4 Å². The first kappa shape index (κ1) is 27.7. The molecule has 212 valence electrons. The maximum absolute atomic E-state index is 12.9. The van der Waals surface area contributed by atoms with Crippen molar-refractivity contribution >= 4 is 28.5 Å². The highest BCUT2D eigenvalue weighted by Gasteiger charge is 2.31. The highest BCUT2D eigenvalue weighted by atomic mass is 19.4. The number of benzene rings is 1. The van der Waals surface area contributed by atoms with Crippen LogP contribution in [0.2, 0.25) is 0 Å². The minimum atomic E-state index is -4.44. The Kier molecular flexibility index (Phi) is 7.64. The van der Waals surface area contributed by atoms with Crippen molar-refractivity contribution in [2.75, 3.05) is 19.0 Å². The molecule has 0 fully saturated rings. The molecule has 12 heteroatoms. The molecule has 5 rings (SSSR count). The van der Waals surface area contributed by atoms with E-state index in [1.54, 1.807) is 54.9 Å². The van der Waals surface area contributed by atoms with E-state index < -0.39 is 12.8 Å². The number of hydrogen-bond donors (Lipinski definition) is 2. The summed E-state index contributed by atoms with van der Waals surface area (Å²) in [6.07, 6.45) is 2.29. The Bertz CT molecular complexity index is 1650. The number of aromatic nitrogens is 4. The second-order valence-electron chi connectivity index (χ2n) is 9.51. The molecule has 0 saturated heterocycles. The van der Waals surface area contributed by atoms with Gasteiger partial charge in [-0.2, -0.15) is 13.2 Å². The standard InChI is InChI=1S/C29H27F3N6O3/c1-17-12-26(40-16-29(30,31)32)21(18-6-9-34-10-7-18)15-22(17)36-28-37-23-13-19(4-5-25(23)38(28)3)41-20-8-11-35-24(14-20)27(39)33-2/h4-11,13-15,17H,12,16H2,1-3H3,(H,33,39)(H,36,37). The van der Waals surface area contributed by atoms with Crippen molar-refractivity contribution in [3.63, 3.8) is 0 Å². The smallest absolute Gasteiger partial charge is 0.422 e. The van der Waals surface area contributed by atoms with Crippen molar-refractivity contribution in [2.45, 2.75) is 19.5 Å². The monoisotopic (exact) mass is 564 g/mol. The second-order valence-corrected chi connectivity index (χ2v) is 9.51. The van der Waals surface area contributed by atoms with Gasteiger partial charge in [0.15, 0.2) is 6.61 Å². The van der Waals surface area contributed by atoms with E-state index in [0.717, 1.165) is 11.2 Å². The summed E-state index contributed by atoms with van der Waals surface area (Å²) in [5, 5.41) is 5.90. The van der Waals surface area contributed by atoms with Gasteiger partial charge in [-0.05, 0) is 42.0 Å². The normalized spacial score (nSPS) is 15.5. The molecule has 0 radical (unpaired) electrons. The molecule has 3 heterocycles. The van der Waals surface area contributed by atoms with E-state index in [2.05, 4.69) is 20.6 Å². The van der Waals surface area contributed by atoms with Gasteiger partial charge < -0.3 is 24.7 Å². The number of carbonyl (C=O) groups is 1. The van der Waals surface area contributed by atoms with Crippen molar-refractivity contribution < 1.29 is 27.4 Å². The van der Waals surface area contributed by atoms with Gasteiger partial charge in [-0.25, -0.2) is 4.98 Å². The van der Waals surface area contributed by atoms with Gasteiger partial charge in [0.05, 0.1) is 11.0 Å². The lowest BCUT2D eigenvalue weighted by molar-refractivity contribution is -0.165. The summed E-state index contributed by atoms with van der Waals surface area (Å²) in [6.45, 7) is 0.553. The molecule has 2 N–H and O–H groups in total. The van der Waals surface area contributed by atoms with E-state index >= 15 is 0 Å². The molecule has 1 aliphatic carbocycles. The lowest BCUT2D eigenvalue weighted by atomic mass is 9.90. The van der Waals surface area contributed by atoms with Crippen LogP contribution in [0.4, 0.5) is 19.1 Å². The van der Waals surface area contributed by atoms with Gasteiger partial charge in [0.1, 0.15) is 23.0 Å². The number of allylic oxidation sites excluding steroid dienone is 4. The van der Waals surface area contributed by atoms with Crippen molar-refractivity contribution in [3.05, 3.63) is 89.8 Å². The van der Waals surface area contributed by atoms with Crippen LogP contribution in [0.5, 0.6) is 11.5 Å². The number of alkyl halides is 3. The fraction of sp³-hybridized carbons (Fsp3) is 0.241. The van der Waals surface area contributed by atoms with Gasteiger partial charge in [-0.15, -0.1) is 0 Å². The zero-order chi connectivity index (χ0) is 29.1. The number of halogens is 3. The molecule has 1 amide bonds. The summed E-state index contributed by atoms with van der Waals surface area (Å²) in [6, 6.07) is 12.1. The van der Waals surface area contributed by atoms with Crippen LogP contribution in [0.15, 0.2) is 78.6 Å². The van der Waals surface area contributed by atoms with E-state index in [4.69, 9.17) is 14.5 Å². The number of fused-ring (bicyclic) bond motifs is 1. The number of nitrogens with one attached hydrogen (secondary N) is 2.